The number of carbonyl (C=O) groups excluding carboxylic acids is 1. The number of carbonyl (C=O) groups is 1. The molecule has 0 saturated heterocycles. The number of rotatable bonds is 4. The monoisotopic (exact) mass is 360 g/mol. The van der Waals surface area contributed by atoms with Gasteiger partial charge < -0.3 is 5.32 Å². The summed E-state index contributed by atoms with van der Waals surface area (Å²) in [6.45, 7) is 2.00. The second-order valence-corrected chi connectivity index (χ2v) is 6.05. The fourth-order valence-corrected chi connectivity index (χ4v) is 2.78. The van der Waals surface area contributed by atoms with Crippen molar-refractivity contribution in [2.75, 3.05) is 0 Å². The minimum absolute atomic E-state index is 0.0242. The number of pyridine rings is 1. The lowest BCUT2D eigenvalue weighted by Gasteiger charge is -2.08. The quantitative estimate of drug-likeness (QED) is 0.595. The van der Waals surface area contributed by atoms with E-state index in [4.69, 9.17) is 0 Å². The van der Waals surface area contributed by atoms with E-state index < -0.39 is 11.5 Å². The molecular weight excluding hydrogens is 344 g/mol. The zero-order valence-electron chi connectivity index (χ0n) is 14.5. The maximum absolute atomic E-state index is 12.6. The first-order chi connectivity index (χ1) is 13.1. The van der Waals surface area contributed by atoms with Gasteiger partial charge in [0.05, 0.1) is 6.54 Å². The number of aromatic nitrogens is 5. The van der Waals surface area contributed by atoms with Gasteiger partial charge in [-0.05, 0) is 30.7 Å². The fourth-order valence-electron chi connectivity index (χ4n) is 2.78. The van der Waals surface area contributed by atoms with Crippen LogP contribution in [0.3, 0.4) is 0 Å². The molecule has 134 valence electrons. The summed E-state index contributed by atoms with van der Waals surface area (Å²) >= 11 is 0. The smallest absolute Gasteiger partial charge is 0.270 e. The van der Waals surface area contributed by atoms with E-state index in [9.17, 15) is 9.59 Å². The number of hydrogen-bond acceptors (Lipinski definition) is 5. The molecule has 0 unspecified atom stereocenters. The van der Waals surface area contributed by atoms with E-state index in [1.54, 1.807) is 23.2 Å². The van der Waals surface area contributed by atoms with Crippen molar-refractivity contribution in [3.05, 3.63) is 88.5 Å². The number of fused-ring (bicyclic) bond motifs is 1. The van der Waals surface area contributed by atoms with E-state index in [-0.39, 0.29) is 12.1 Å². The Kier molecular flexibility index (Phi) is 4.21. The molecule has 3 aromatic heterocycles. The summed E-state index contributed by atoms with van der Waals surface area (Å²) in [6.07, 6.45) is 4.53. The molecule has 1 aromatic carbocycles. The van der Waals surface area contributed by atoms with Crippen molar-refractivity contribution in [1.29, 1.82) is 0 Å². The molecule has 8 nitrogen and oxygen atoms in total. The summed E-state index contributed by atoms with van der Waals surface area (Å²) in [7, 11) is 0. The molecule has 4 rings (SSSR count). The van der Waals surface area contributed by atoms with E-state index in [0.29, 0.717) is 11.5 Å². The van der Waals surface area contributed by atoms with Crippen molar-refractivity contribution in [3.8, 4) is 5.69 Å². The van der Waals surface area contributed by atoms with Crippen LogP contribution in [0.2, 0.25) is 0 Å². The van der Waals surface area contributed by atoms with Gasteiger partial charge in [0.25, 0.3) is 11.5 Å². The molecule has 1 amide bonds. The molecule has 0 atom stereocenters. The Balaban J connectivity index is 1.58. The number of nitrogens with one attached hydrogen (secondary N) is 1. The molecule has 8 heteroatoms. The van der Waals surface area contributed by atoms with E-state index in [0.717, 1.165) is 11.3 Å². The maximum atomic E-state index is 12.6. The average Bonchev–Trinajstić information content (AvgIpc) is 3.16. The standard InChI is InChI=1S/C19H16N6O2/c1-13-7-8-16-20-9-15(19(27)24(16)11-13)18(26)21-10-17-23-22-12-25(17)14-5-3-2-4-6-14/h2-9,11-12H,10H2,1H3,(H,21,26). The van der Waals surface area contributed by atoms with Crippen LogP contribution < -0.4 is 10.9 Å². The molecular formula is C19H16N6O2. The Morgan fingerprint density at radius 2 is 1.96 bits per heavy atom. The van der Waals surface area contributed by atoms with Crippen molar-refractivity contribution in [3.63, 3.8) is 0 Å². The van der Waals surface area contributed by atoms with Crippen LogP contribution in [-0.2, 0) is 6.54 Å². The van der Waals surface area contributed by atoms with Gasteiger partial charge in [0, 0.05) is 18.1 Å². The zero-order chi connectivity index (χ0) is 18.8. The lowest BCUT2D eigenvalue weighted by Crippen LogP contribution is -2.32. The minimum atomic E-state index is -0.508. The molecule has 0 aliphatic carbocycles. The third kappa shape index (κ3) is 3.20. The predicted octanol–water partition coefficient (Wildman–Crippen LogP) is 1.51. The van der Waals surface area contributed by atoms with Gasteiger partial charge in [0.1, 0.15) is 17.5 Å². The highest BCUT2D eigenvalue weighted by Crippen LogP contribution is 2.09. The van der Waals surface area contributed by atoms with E-state index in [1.807, 2.05) is 43.3 Å². The normalized spacial score (nSPS) is 10.9. The third-order valence-electron chi connectivity index (χ3n) is 4.15. The molecule has 0 radical (unpaired) electrons. The maximum Gasteiger partial charge on any atom is 0.270 e. The topological polar surface area (TPSA) is 94.2 Å². The fraction of sp³-hybridized carbons (Fsp3) is 0.105. The second-order valence-electron chi connectivity index (χ2n) is 6.05. The van der Waals surface area contributed by atoms with Crippen LogP contribution in [0.5, 0.6) is 0 Å². The van der Waals surface area contributed by atoms with E-state index >= 15 is 0 Å². The zero-order valence-corrected chi connectivity index (χ0v) is 14.5. The molecule has 0 saturated carbocycles. The number of hydrogen-bond donors (Lipinski definition) is 1. The molecule has 0 spiro atoms. The summed E-state index contributed by atoms with van der Waals surface area (Å²) in [5.41, 5.74) is 1.84. The Hall–Kier alpha value is -3.81. The lowest BCUT2D eigenvalue weighted by molar-refractivity contribution is 0.0947. The Labute approximate surface area is 154 Å². The summed E-state index contributed by atoms with van der Waals surface area (Å²) in [4.78, 5) is 29.3. The lowest BCUT2D eigenvalue weighted by atomic mass is 10.2. The molecule has 0 aliphatic heterocycles. The minimum Gasteiger partial charge on any atom is -0.344 e. The number of para-hydroxylation sites is 1. The first-order valence-electron chi connectivity index (χ1n) is 8.34. The molecule has 3 heterocycles. The molecule has 0 fully saturated rings. The highest BCUT2D eigenvalue weighted by Gasteiger charge is 2.15. The second kappa shape index (κ2) is 6.83. The van der Waals surface area contributed by atoms with Crippen molar-refractivity contribution < 1.29 is 4.79 Å². The van der Waals surface area contributed by atoms with Crippen LogP contribution in [-0.4, -0.2) is 30.1 Å². The van der Waals surface area contributed by atoms with Crippen LogP contribution >= 0.6 is 0 Å². The third-order valence-corrected chi connectivity index (χ3v) is 4.15. The van der Waals surface area contributed by atoms with Crippen LogP contribution in [0.25, 0.3) is 11.3 Å². The summed E-state index contributed by atoms with van der Waals surface area (Å²) in [6, 6.07) is 13.1. The van der Waals surface area contributed by atoms with E-state index in [1.165, 1.54) is 10.6 Å². The number of amides is 1. The highest BCUT2D eigenvalue weighted by atomic mass is 16.2. The van der Waals surface area contributed by atoms with Gasteiger partial charge >= 0.3 is 0 Å². The van der Waals surface area contributed by atoms with Gasteiger partial charge in [-0.1, -0.05) is 24.3 Å². The Bertz CT molecular complexity index is 1180. The van der Waals surface area contributed by atoms with E-state index in [2.05, 4.69) is 20.5 Å². The highest BCUT2D eigenvalue weighted by molar-refractivity contribution is 5.93. The van der Waals surface area contributed by atoms with Crippen molar-refractivity contribution in [2.24, 2.45) is 0 Å². The first kappa shape index (κ1) is 16.6. The first-order valence-corrected chi connectivity index (χ1v) is 8.34. The van der Waals surface area contributed by atoms with Crippen LogP contribution in [0, 0.1) is 6.92 Å². The average molecular weight is 360 g/mol. The number of benzene rings is 1. The van der Waals surface area contributed by atoms with Crippen molar-refractivity contribution >= 4 is 11.6 Å². The van der Waals surface area contributed by atoms with Crippen molar-refractivity contribution in [2.45, 2.75) is 13.5 Å². The van der Waals surface area contributed by atoms with Gasteiger partial charge in [0.2, 0.25) is 0 Å². The van der Waals surface area contributed by atoms with Crippen molar-refractivity contribution in [1.82, 2.24) is 29.5 Å². The predicted molar refractivity (Wildman–Crippen MR) is 98.7 cm³/mol. The summed E-state index contributed by atoms with van der Waals surface area (Å²) in [5, 5.41) is 10.7. The van der Waals surface area contributed by atoms with Crippen LogP contribution in [0.1, 0.15) is 21.7 Å². The van der Waals surface area contributed by atoms with Crippen LogP contribution in [0.15, 0.2) is 66.0 Å². The summed E-state index contributed by atoms with van der Waals surface area (Å²) in [5.74, 6) is 0.0465. The van der Waals surface area contributed by atoms with Gasteiger partial charge in [-0.15, -0.1) is 10.2 Å². The SMILES string of the molecule is Cc1ccc2ncc(C(=O)NCc3nncn3-c3ccccc3)c(=O)n2c1. The number of aryl methyl sites for hydroxylation is 1. The molecule has 0 bridgehead atoms. The number of nitrogens with zero attached hydrogens (tertiary/aromatic N) is 5. The van der Waals surface area contributed by atoms with Gasteiger partial charge in [0.15, 0.2) is 5.82 Å². The van der Waals surface area contributed by atoms with Gasteiger partial charge in [-0.2, -0.15) is 0 Å². The van der Waals surface area contributed by atoms with Gasteiger partial charge in [-0.3, -0.25) is 18.6 Å². The Morgan fingerprint density at radius 3 is 2.78 bits per heavy atom. The van der Waals surface area contributed by atoms with Gasteiger partial charge in [-0.25, -0.2) is 4.98 Å². The summed E-state index contributed by atoms with van der Waals surface area (Å²) < 4.78 is 3.14. The molecule has 0 aliphatic rings. The molecule has 27 heavy (non-hydrogen) atoms. The Morgan fingerprint density at radius 1 is 1.15 bits per heavy atom. The molecule has 1 N–H and O–H groups in total. The van der Waals surface area contributed by atoms with Crippen LogP contribution in [0.4, 0.5) is 0 Å². The molecule has 4 aromatic rings. The largest absolute Gasteiger partial charge is 0.344 e.